The standard InChI is InChI=1S/C24H24F3NO4/c1-13-6-15-9-19-20(32-12-31-19)10-16(15)23(28(13)11-24(2,3)27)22-17(25)7-14(8-18(22)26)4-5-21(29)30/h4-5,7-10,13,23H,6,11-12H2,1-3H3,(H,29,30)/b5-4+/t13?,23-/m1/s1. The number of hydrogen-bond donors (Lipinski definition) is 1. The summed E-state index contributed by atoms with van der Waals surface area (Å²) in [4.78, 5) is 12.5. The molecule has 0 saturated carbocycles. The van der Waals surface area contributed by atoms with E-state index in [9.17, 15) is 9.18 Å². The van der Waals surface area contributed by atoms with Crippen LogP contribution in [0.15, 0.2) is 30.3 Å². The number of fused-ring (bicyclic) bond motifs is 2. The van der Waals surface area contributed by atoms with Gasteiger partial charge in [0.15, 0.2) is 11.5 Å². The number of carboxylic acid groups (broad SMARTS) is 1. The minimum atomic E-state index is -1.60. The molecule has 0 fully saturated rings. The highest BCUT2D eigenvalue weighted by Crippen LogP contribution is 2.46. The van der Waals surface area contributed by atoms with E-state index in [1.54, 1.807) is 11.0 Å². The van der Waals surface area contributed by atoms with Gasteiger partial charge in [-0.1, -0.05) is 0 Å². The first-order valence-electron chi connectivity index (χ1n) is 10.3. The normalized spacial score (nSPS) is 20.6. The van der Waals surface area contributed by atoms with Crippen LogP contribution in [-0.4, -0.2) is 41.0 Å². The summed E-state index contributed by atoms with van der Waals surface area (Å²) in [6, 6.07) is 4.61. The summed E-state index contributed by atoms with van der Waals surface area (Å²) in [7, 11) is 0. The summed E-state index contributed by atoms with van der Waals surface area (Å²) in [6.07, 6.45) is 2.49. The van der Waals surface area contributed by atoms with E-state index in [4.69, 9.17) is 14.6 Å². The lowest BCUT2D eigenvalue weighted by molar-refractivity contribution is -0.131. The van der Waals surface area contributed by atoms with Crippen molar-refractivity contribution in [1.29, 1.82) is 0 Å². The number of benzene rings is 2. The molecule has 0 saturated heterocycles. The van der Waals surface area contributed by atoms with Crippen molar-refractivity contribution in [3.05, 3.63) is 64.2 Å². The fourth-order valence-corrected chi connectivity index (χ4v) is 4.43. The van der Waals surface area contributed by atoms with Crippen molar-refractivity contribution in [2.75, 3.05) is 13.3 Å². The summed E-state index contributed by atoms with van der Waals surface area (Å²) in [5, 5.41) is 8.79. The Morgan fingerprint density at radius 3 is 2.41 bits per heavy atom. The first-order valence-corrected chi connectivity index (χ1v) is 10.3. The summed E-state index contributed by atoms with van der Waals surface area (Å²) in [6.45, 7) is 4.78. The number of ether oxygens (including phenoxy) is 2. The third kappa shape index (κ3) is 4.32. The van der Waals surface area contributed by atoms with E-state index in [1.807, 2.05) is 13.0 Å². The molecule has 0 radical (unpaired) electrons. The molecule has 1 N–H and O–H groups in total. The number of alkyl halides is 1. The Hall–Kier alpha value is -3.00. The first kappa shape index (κ1) is 22.2. The molecule has 2 aliphatic rings. The van der Waals surface area contributed by atoms with E-state index < -0.39 is 29.3 Å². The van der Waals surface area contributed by atoms with Crippen LogP contribution in [0.5, 0.6) is 11.5 Å². The van der Waals surface area contributed by atoms with Gasteiger partial charge in [0, 0.05) is 24.2 Å². The molecule has 0 aromatic heterocycles. The minimum Gasteiger partial charge on any atom is -0.478 e. The van der Waals surface area contributed by atoms with Gasteiger partial charge in [-0.25, -0.2) is 18.0 Å². The van der Waals surface area contributed by atoms with E-state index in [2.05, 4.69) is 0 Å². The second-order valence-electron chi connectivity index (χ2n) is 8.82. The summed E-state index contributed by atoms with van der Waals surface area (Å²) in [5.41, 5.74) is -0.250. The molecule has 0 bridgehead atoms. The summed E-state index contributed by atoms with van der Waals surface area (Å²) < 4.78 is 56.3. The molecule has 0 amide bonds. The average molecular weight is 447 g/mol. The predicted octanol–water partition coefficient (Wildman–Crippen LogP) is 4.88. The van der Waals surface area contributed by atoms with Gasteiger partial charge in [0.25, 0.3) is 0 Å². The maximum absolute atomic E-state index is 15.3. The molecular formula is C24H24F3NO4. The maximum atomic E-state index is 15.3. The van der Waals surface area contributed by atoms with Gasteiger partial charge in [-0.05, 0) is 74.2 Å². The van der Waals surface area contributed by atoms with Gasteiger partial charge in [-0.3, -0.25) is 4.90 Å². The summed E-state index contributed by atoms with van der Waals surface area (Å²) >= 11 is 0. The third-order valence-corrected chi connectivity index (χ3v) is 5.69. The number of carboxylic acids is 1. The molecule has 4 rings (SSSR count). The highest BCUT2D eigenvalue weighted by atomic mass is 19.1. The van der Waals surface area contributed by atoms with Crippen molar-refractivity contribution in [1.82, 2.24) is 4.90 Å². The Morgan fingerprint density at radius 2 is 1.81 bits per heavy atom. The smallest absolute Gasteiger partial charge is 0.328 e. The molecule has 2 aromatic carbocycles. The van der Waals surface area contributed by atoms with Crippen molar-refractivity contribution in [2.45, 2.75) is 44.9 Å². The quantitative estimate of drug-likeness (QED) is 0.663. The van der Waals surface area contributed by atoms with Crippen LogP contribution >= 0.6 is 0 Å². The van der Waals surface area contributed by atoms with Gasteiger partial charge < -0.3 is 14.6 Å². The van der Waals surface area contributed by atoms with Crippen molar-refractivity contribution in [3.8, 4) is 11.5 Å². The van der Waals surface area contributed by atoms with Crippen LogP contribution in [0.1, 0.15) is 49.1 Å². The van der Waals surface area contributed by atoms with Gasteiger partial charge in [0.2, 0.25) is 6.79 Å². The average Bonchev–Trinajstić information content (AvgIpc) is 3.13. The lowest BCUT2D eigenvalue weighted by Gasteiger charge is -2.44. The number of rotatable bonds is 5. The van der Waals surface area contributed by atoms with Crippen LogP contribution in [0, 0.1) is 11.6 Å². The highest BCUT2D eigenvalue weighted by molar-refractivity contribution is 5.85. The number of carbonyl (C=O) groups is 1. The Labute approximate surface area is 184 Å². The SMILES string of the molecule is CC1Cc2cc3c(cc2[C@H](c2c(F)cc(/C=C/C(=O)O)cc2F)N1CC(C)(C)F)OCO3. The van der Waals surface area contributed by atoms with Gasteiger partial charge in [0.05, 0.1) is 6.04 Å². The molecule has 2 aliphatic heterocycles. The van der Waals surface area contributed by atoms with Crippen LogP contribution in [0.4, 0.5) is 13.2 Å². The number of hydrogen-bond acceptors (Lipinski definition) is 4. The number of aliphatic carboxylic acids is 1. The van der Waals surface area contributed by atoms with Gasteiger partial charge in [-0.2, -0.15) is 0 Å². The van der Waals surface area contributed by atoms with E-state index in [1.165, 1.54) is 13.8 Å². The van der Waals surface area contributed by atoms with Gasteiger partial charge in [-0.15, -0.1) is 0 Å². The highest BCUT2D eigenvalue weighted by Gasteiger charge is 2.40. The van der Waals surface area contributed by atoms with Crippen LogP contribution in [-0.2, 0) is 11.2 Å². The number of halogens is 3. The zero-order valence-corrected chi connectivity index (χ0v) is 18.0. The van der Waals surface area contributed by atoms with Crippen LogP contribution in [0.2, 0.25) is 0 Å². The molecular weight excluding hydrogens is 423 g/mol. The van der Waals surface area contributed by atoms with Crippen LogP contribution in [0.25, 0.3) is 6.08 Å². The molecule has 0 spiro atoms. The molecule has 2 atom stereocenters. The van der Waals surface area contributed by atoms with Crippen LogP contribution < -0.4 is 9.47 Å². The zero-order valence-electron chi connectivity index (χ0n) is 18.0. The van der Waals surface area contributed by atoms with E-state index in [-0.39, 0.29) is 30.5 Å². The minimum absolute atomic E-state index is 0.0355. The first-order chi connectivity index (χ1) is 15.0. The van der Waals surface area contributed by atoms with Crippen molar-refractivity contribution >= 4 is 12.0 Å². The molecule has 2 heterocycles. The summed E-state index contributed by atoms with van der Waals surface area (Å²) in [5.74, 6) is -1.84. The van der Waals surface area contributed by atoms with Gasteiger partial charge in [0.1, 0.15) is 17.3 Å². The fourth-order valence-electron chi connectivity index (χ4n) is 4.43. The molecule has 5 nitrogen and oxygen atoms in total. The zero-order chi connectivity index (χ0) is 23.2. The second kappa shape index (κ2) is 8.16. The largest absolute Gasteiger partial charge is 0.478 e. The molecule has 0 aliphatic carbocycles. The molecule has 170 valence electrons. The predicted molar refractivity (Wildman–Crippen MR) is 112 cm³/mol. The third-order valence-electron chi connectivity index (χ3n) is 5.69. The molecule has 8 heteroatoms. The van der Waals surface area contributed by atoms with Crippen molar-refractivity contribution in [3.63, 3.8) is 0 Å². The Morgan fingerprint density at radius 1 is 1.19 bits per heavy atom. The Balaban J connectivity index is 1.88. The topological polar surface area (TPSA) is 59.0 Å². The molecule has 32 heavy (non-hydrogen) atoms. The molecule has 2 aromatic rings. The molecule has 1 unspecified atom stereocenters. The second-order valence-corrected chi connectivity index (χ2v) is 8.82. The van der Waals surface area contributed by atoms with E-state index in [0.717, 1.165) is 29.8 Å². The lowest BCUT2D eigenvalue weighted by atomic mass is 9.83. The number of nitrogens with zero attached hydrogens (tertiary/aromatic N) is 1. The Bertz CT molecular complexity index is 1070. The maximum Gasteiger partial charge on any atom is 0.328 e. The lowest BCUT2D eigenvalue weighted by Crippen LogP contribution is -2.48. The van der Waals surface area contributed by atoms with Crippen LogP contribution in [0.3, 0.4) is 0 Å². The fraction of sp³-hybridized carbons (Fsp3) is 0.375. The Kier molecular flexibility index (Phi) is 5.67. The van der Waals surface area contributed by atoms with Gasteiger partial charge >= 0.3 is 5.97 Å². The van der Waals surface area contributed by atoms with E-state index >= 15 is 8.78 Å². The van der Waals surface area contributed by atoms with Crippen molar-refractivity contribution < 1.29 is 32.5 Å². The van der Waals surface area contributed by atoms with E-state index in [0.29, 0.717) is 23.5 Å². The van der Waals surface area contributed by atoms with Crippen molar-refractivity contribution in [2.24, 2.45) is 0 Å². The monoisotopic (exact) mass is 447 g/mol.